The maximum Gasteiger partial charge on any atom is 0.332 e. The SMILES string of the molecule is CC(C)(C)CSC(O)CC(N)(C(=O)Oc1ccc(O)cc1)C(C)(C)C. The number of carbonyl (C=O) groups is 1. The topological polar surface area (TPSA) is 92.8 Å². The first kappa shape index (κ1) is 21.8. The summed E-state index contributed by atoms with van der Waals surface area (Å²) >= 11 is 1.39. The summed E-state index contributed by atoms with van der Waals surface area (Å²) < 4.78 is 5.41. The van der Waals surface area contributed by atoms with E-state index in [0.29, 0.717) is 5.75 Å². The number of benzene rings is 1. The molecule has 2 unspecified atom stereocenters. The van der Waals surface area contributed by atoms with Gasteiger partial charge in [0.1, 0.15) is 22.5 Å². The van der Waals surface area contributed by atoms with Crippen LogP contribution in [0.15, 0.2) is 24.3 Å². The predicted molar refractivity (Wildman–Crippen MR) is 103 cm³/mol. The van der Waals surface area contributed by atoms with Gasteiger partial charge in [0, 0.05) is 12.2 Å². The molecular weight excluding hydrogens is 338 g/mol. The van der Waals surface area contributed by atoms with Gasteiger partial charge in [-0.15, -0.1) is 11.8 Å². The molecule has 0 radical (unpaired) electrons. The van der Waals surface area contributed by atoms with Crippen molar-refractivity contribution in [2.24, 2.45) is 16.6 Å². The highest BCUT2D eigenvalue weighted by Crippen LogP contribution is 2.36. The van der Waals surface area contributed by atoms with E-state index in [0.717, 1.165) is 5.75 Å². The van der Waals surface area contributed by atoms with Gasteiger partial charge < -0.3 is 20.7 Å². The lowest BCUT2D eigenvalue weighted by Gasteiger charge is -2.40. The highest BCUT2D eigenvalue weighted by Gasteiger charge is 2.48. The molecule has 5 nitrogen and oxygen atoms in total. The second-order valence-electron chi connectivity index (χ2n) is 8.64. The second kappa shape index (κ2) is 7.98. The lowest BCUT2D eigenvalue weighted by atomic mass is 9.72. The van der Waals surface area contributed by atoms with Crippen molar-refractivity contribution in [2.75, 3.05) is 5.75 Å². The summed E-state index contributed by atoms with van der Waals surface area (Å²) in [5.74, 6) is 0.546. The van der Waals surface area contributed by atoms with Crippen LogP contribution >= 0.6 is 11.8 Å². The van der Waals surface area contributed by atoms with Crippen molar-refractivity contribution < 1.29 is 19.7 Å². The molecule has 0 saturated carbocycles. The second-order valence-corrected chi connectivity index (χ2v) is 9.80. The fourth-order valence-corrected chi connectivity index (χ4v) is 3.16. The number of aliphatic hydroxyl groups excluding tert-OH is 1. The Labute approximate surface area is 155 Å². The average Bonchev–Trinajstić information content (AvgIpc) is 2.45. The van der Waals surface area contributed by atoms with Crippen molar-refractivity contribution in [3.63, 3.8) is 0 Å². The van der Waals surface area contributed by atoms with Gasteiger partial charge in [0.25, 0.3) is 0 Å². The Hall–Kier alpha value is -1.24. The molecule has 0 aliphatic rings. The number of esters is 1. The molecule has 0 heterocycles. The Morgan fingerprint density at radius 1 is 1.16 bits per heavy atom. The normalized spacial score (nSPS) is 16.2. The molecule has 0 fully saturated rings. The van der Waals surface area contributed by atoms with E-state index >= 15 is 0 Å². The summed E-state index contributed by atoms with van der Waals surface area (Å²) in [6.07, 6.45) is 0.0914. The summed E-state index contributed by atoms with van der Waals surface area (Å²) in [5.41, 5.74) is 3.78. The smallest absolute Gasteiger partial charge is 0.332 e. The van der Waals surface area contributed by atoms with Crippen molar-refractivity contribution in [3.8, 4) is 11.5 Å². The van der Waals surface area contributed by atoms with Crippen LogP contribution in [-0.2, 0) is 4.79 Å². The summed E-state index contributed by atoms with van der Waals surface area (Å²) in [4.78, 5) is 12.8. The summed E-state index contributed by atoms with van der Waals surface area (Å²) in [6, 6.07) is 5.88. The molecule has 0 spiro atoms. The molecule has 0 aliphatic heterocycles. The number of carbonyl (C=O) groups excluding carboxylic acids is 1. The quantitative estimate of drug-likeness (QED) is 0.403. The Kier molecular flexibility index (Phi) is 6.95. The minimum absolute atomic E-state index is 0.0667. The van der Waals surface area contributed by atoms with Crippen LogP contribution in [0.25, 0.3) is 0 Å². The molecule has 0 bridgehead atoms. The standard InChI is InChI=1S/C19H31NO4S/c1-17(2,3)12-25-15(22)11-19(20,18(4,5)6)16(23)24-14-9-7-13(21)8-10-14/h7-10,15,21-22H,11-12,20H2,1-6H3. The number of rotatable bonds is 6. The molecule has 1 rings (SSSR count). The highest BCUT2D eigenvalue weighted by molar-refractivity contribution is 7.99. The molecule has 1 aromatic rings. The van der Waals surface area contributed by atoms with Crippen LogP contribution in [0.3, 0.4) is 0 Å². The van der Waals surface area contributed by atoms with E-state index in [1.165, 1.54) is 36.0 Å². The lowest BCUT2D eigenvalue weighted by Crippen LogP contribution is -2.60. The van der Waals surface area contributed by atoms with Crippen molar-refractivity contribution in [2.45, 2.75) is 58.9 Å². The first-order valence-corrected chi connectivity index (χ1v) is 9.39. The Balaban J connectivity index is 2.90. The Morgan fingerprint density at radius 2 is 1.68 bits per heavy atom. The van der Waals surface area contributed by atoms with Crippen LogP contribution in [0.1, 0.15) is 48.0 Å². The zero-order valence-corrected chi connectivity index (χ0v) is 16.8. The summed E-state index contributed by atoms with van der Waals surface area (Å²) in [5, 5.41) is 19.7. The van der Waals surface area contributed by atoms with Gasteiger partial charge in [-0.2, -0.15) is 0 Å². The van der Waals surface area contributed by atoms with Gasteiger partial charge in [0.15, 0.2) is 0 Å². The van der Waals surface area contributed by atoms with Crippen molar-refractivity contribution >= 4 is 17.7 Å². The van der Waals surface area contributed by atoms with Crippen LogP contribution in [-0.4, -0.2) is 32.9 Å². The van der Waals surface area contributed by atoms with E-state index < -0.39 is 22.4 Å². The number of hydrogen-bond donors (Lipinski definition) is 3. The number of phenolic OH excluding ortho intramolecular Hbond substituents is 1. The molecule has 6 heteroatoms. The van der Waals surface area contributed by atoms with Crippen LogP contribution < -0.4 is 10.5 Å². The van der Waals surface area contributed by atoms with Crippen LogP contribution in [0.5, 0.6) is 11.5 Å². The number of aliphatic hydroxyl groups is 1. The summed E-state index contributed by atoms with van der Waals surface area (Å²) in [7, 11) is 0. The third-order valence-corrected chi connectivity index (χ3v) is 5.54. The number of hydrogen-bond acceptors (Lipinski definition) is 6. The van der Waals surface area contributed by atoms with Crippen molar-refractivity contribution in [3.05, 3.63) is 24.3 Å². The minimum Gasteiger partial charge on any atom is -0.508 e. The van der Waals surface area contributed by atoms with E-state index in [1.54, 1.807) is 0 Å². The largest absolute Gasteiger partial charge is 0.508 e. The van der Waals surface area contributed by atoms with Crippen molar-refractivity contribution in [1.29, 1.82) is 0 Å². The van der Waals surface area contributed by atoms with Gasteiger partial charge >= 0.3 is 5.97 Å². The molecule has 0 aromatic heterocycles. The lowest BCUT2D eigenvalue weighted by molar-refractivity contribution is -0.146. The Bertz CT molecular complexity index is 575. The van der Waals surface area contributed by atoms with Crippen LogP contribution in [0, 0.1) is 10.8 Å². The van der Waals surface area contributed by atoms with Gasteiger partial charge in [-0.25, -0.2) is 4.79 Å². The number of thioether (sulfide) groups is 1. The fourth-order valence-electron chi connectivity index (χ4n) is 2.09. The van der Waals surface area contributed by atoms with E-state index in [-0.39, 0.29) is 17.6 Å². The minimum atomic E-state index is -1.35. The summed E-state index contributed by atoms with van der Waals surface area (Å²) in [6.45, 7) is 11.8. The zero-order valence-electron chi connectivity index (χ0n) is 16.0. The van der Waals surface area contributed by atoms with E-state index in [1.807, 2.05) is 20.8 Å². The predicted octanol–water partition coefficient (Wildman–Crippen LogP) is 3.53. The molecule has 0 aliphatic carbocycles. The number of phenols is 1. The molecule has 142 valence electrons. The average molecular weight is 370 g/mol. The molecule has 25 heavy (non-hydrogen) atoms. The molecule has 2 atom stereocenters. The monoisotopic (exact) mass is 369 g/mol. The van der Waals surface area contributed by atoms with E-state index in [4.69, 9.17) is 10.5 Å². The maximum absolute atomic E-state index is 12.8. The molecule has 1 aromatic carbocycles. The van der Waals surface area contributed by atoms with Gasteiger partial charge in [0.2, 0.25) is 0 Å². The van der Waals surface area contributed by atoms with Crippen molar-refractivity contribution in [1.82, 2.24) is 0 Å². The number of aromatic hydroxyl groups is 1. The van der Waals surface area contributed by atoms with Gasteiger partial charge in [-0.1, -0.05) is 41.5 Å². The number of ether oxygens (including phenoxy) is 1. The van der Waals surface area contributed by atoms with Gasteiger partial charge in [0.05, 0.1) is 0 Å². The van der Waals surface area contributed by atoms with Gasteiger partial charge in [-0.3, -0.25) is 0 Å². The first-order chi connectivity index (χ1) is 11.2. The van der Waals surface area contributed by atoms with E-state index in [2.05, 4.69) is 20.8 Å². The molecular formula is C19H31NO4S. The third-order valence-electron chi connectivity index (χ3n) is 3.96. The molecule has 4 N–H and O–H groups in total. The van der Waals surface area contributed by atoms with Gasteiger partial charge in [-0.05, 0) is 35.1 Å². The first-order valence-electron chi connectivity index (χ1n) is 8.34. The fraction of sp³-hybridized carbons (Fsp3) is 0.632. The number of nitrogens with two attached hydrogens (primary N) is 1. The van der Waals surface area contributed by atoms with Crippen LogP contribution in [0.4, 0.5) is 0 Å². The molecule has 0 saturated heterocycles. The Morgan fingerprint density at radius 3 is 2.12 bits per heavy atom. The zero-order chi connectivity index (χ0) is 19.5. The van der Waals surface area contributed by atoms with Crippen LogP contribution in [0.2, 0.25) is 0 Å². The van der Waals surface area contributed by atoms with E-state index in [9.17, 15) is 15.0 Å². The highest BCUT2D eigenvalue weighted by atomic mass is 32.2. The molecule has 0 amide bonds. The maximum atomic E-state index is 12.8. The third kappa shape index (κ3) is 6.53.